The topological polar surface area (TPSA) is 66.9 Å². The van der Waals surface area contributed by atoms with Crippen LogP contribution < -0.4 is 10.6 Å². The molecule has 0 aliphatic carbocycles. The predicted molar refractivity (Wildman–Crippen MR) is 76.8 cm³/mol. The molecule has 2 heterocycles. The van der Waals surface area contributed by atoms with Crippen LogP contribution >= 0.6 is 15.9 Å². The van der Waals surface area contributed by atoms with Crippen LogP contribution in [-0.2, 0) is 6.54 Å². The Morgan fingerprint density at radius 2 is 2.11 bits per heavy atom. The van der Waals surface area contributed by atoms with E-state index in [1.54, 1.807) is 18.5 Å². The lowest BCUT2D eigenvalue weighted by atomic mass is 10.3. The van der Waals surface area contributed by atoms with Gasteiger partial charge in [-0.25, -0.2) is 4.79 Å². The summed E-state index contributed by atoms with van der Waals surface area (Å²) in [5.41, 5.74) is 2.32. The molecule has 0 atom stereocenters. The molecule has 0 bridgehead atoms. The molecular weight excluding hydrogens is 308 g/mol. The number of nitrogens with zero attached hydrogens (tertiary/aromatic N) is 2. The van der Waals surface area contributed by atoms with E-state index < -0.39 is 0 Å². The van der Waals surface area contributed by atoms with Gasteiger partial charge in [0.1, 0.15) is 0 Å². The minimum Gasteiger partial charge on any atom is -0.332 e. The molecule has 2 aromatic heterocycles. The predicted octanol–water partition coefficient (Wildman–Crippen LogP) is 2.87. The van der Waals surface area contributed by atoms with Gasteiger partial charge in [0, 0.05) is 12.4 Å². The van der Waals surface area contributed by atoms with Crippen molar-refractivity contribution in [1.82, 2.24) is 15.3 Å². The Balaban J connectivity index is 1.93. The summed E-state index contributed by atoms with van der Waals surface area (Å²) in [7, 11) is 0. The Morgan fingerprint density at radius 1 is 1.26 bits per heavy atom. The van der Waals surface area contributed by atoms with E-state index >= 15 is 0 Å². The average Bonchev–Trinajstić information content (AvgIpc) is 2.43. The van der Waals surface area contributed by atoms with Crippen molar-refractivity contribution in [3.05, 3.63) is 52.5 Å². The molecule has 0 aliphatic rings. The molecule has 2 rings (SSSR count). The third kappa shape index (κ3) is 3.75. The SMILES string of the molecule is Cc1nccc(NC(=O)NCc2ccccn2)c1Br. The second kappa shape index (κ2) is 6.29. The first-order valence-electron chi connectivity index (χ1n) is 5.72. The van der Waals surface area contributed by atoms with Gasteiger partial charge in [0.25, 0.3) is 0 Å². The van der Waals surface area contributed by atoms with Gasteiger partial charge in [-0.15, -0.1) is 0 Å². The van der Waals surface area contributed by atoms with Crippen molar-refractivity contribution in [3.63, 3.8) is 0 Å². The van der Waals surface area contributed by atoms with Gasteiger partial charge in [0.05, 0.1) is 28.1 Å². The summed E-state index contributed by atoms with van der Waals surface area (Å²) in [6, 6.07) is 7.02. The summed E-state index contributed by atoms with van der Waals surface area (Å²) in [5, 5.41) is 5.50. The molecular formula is C13H13BrN4O. The molecule has 98 valence electrons. The van der Waals surface area contributed by atoms with E-state index in [4.69, 9.17) is 0 Å². The highest BCUT2D eigenvalue weighted by Gasteiger charge is 2.07. The zero-order chi connectivity index (χ0) is 13.7. The van der Waals surface area contributed by atoms with E-state index in [1.807, 2.05) is 25.1 Å². The molecule has 0 radical (unpaired) electrons. The van der Waals surface area contributed by atoms with Crippen LogP contribution in [0.25, 0.3) is 0 Å². The molecule has 0 spiro atoms. The third-order valence-corrected chi connectivity index (χ3v) is 3.47. The first-order chi connectivity index (χ1) is 9.16. The summed E-state index contributed by atoms with van der Waals surface area (Å²) in [4.78, 5) is 20.0. The molecule has 0 saturated carbocycles. The lowest BCUT2D eigenvalue weighted by Gasteiger charge is -2.09. The van der Waals surface area contributed by atoms with Crippen molar-refractivity contribution in [2.75, 3.05) is 5.32 Å². The average molecular weight is 321 g/mol. The zero-order valence-electron chi connectivity index (χ0n) is 10.4. The van der Waals surface area contributed by atoms with Crippen LogP contribution in [0.3, 0.4) is 0 Å². The van der Waals surface area contributed by atoms with E-state index in [2.05, 4.69) is 36.5 Å². The van der Waals surface area contributed by atoms with Crippen molar-refractivity contribution in [1.29, 1.82) is 0 Å². The number of aromatic nitrogens is 2. The van der Waals surface area contributed by atoms with Crippen LogP contribution in [0.1, 0.15) is 11.4 Å². The van der Waals surface area contributed by atoms with E-state index in [-0.39, 0.29) is 6.03 Å². The zero-order valence-corrected chi connectivity index (χ0v) is 11.9. The van der Waals surface area contributed by atoms with E-state index in [1.165, 1.54) is 0 Å². The standard InChI is InChI=1S/C13H13BrN4O/c1-9-12(14)11(5-7-15-9)18-13(19)17-8-10-4-2-3-6-16-10/h2-7H,8H2,1H3,(H2,15,17,18,19). The lowest BCUT2D eigenvalue weighted by Crippen LogP contribution is -2.28. The number of pyridine rings is 2. The van der Waals surface area contributed by atoms with Crippen LogP contribution in [-0.4, -0.2) is 16.0 Å². The minimum atomic E-state index is -0.281. The number of halogens is 1. The minimum absolute atomic E-state index is 0.281. The van der Waals surface area contributed by atoms with E-state index in [0.717, 1.165) is 15.9 Å². The monoisotopic (exact) mass is 320 g/mol. The fourth-order valence-corrected chi connectivity index (χ4v) is 1.82. The number of aryl methyl sites for hydroxylation is 1. The van der Waals surface area contributed by atoms with Crippen LogP contribution in [0.4, 0.5) is 10.5 Å². The van der Waals surface area contributed by atoms with Crippen LogP contribution in [0.2, 0.25) is 0 Å². The van der Waals surface area contributed by atoms with Crippen LogP contribution in [0.15, 0.2) is 41.1 Å². The third-order valence-electron chi connectivity index (χ3n) is 2.47. The summed E-state index contributed by atoms with van der Waals surface area (Å²) < 4.78 is 0.781. The van der Waals surface area contributed by atoms with Crippen molar-refractivity contribution in [2.24, 2.45) is 0 Å². The molecule has 6 heteroatoms. The summed E-state index contributed by atoms with van der Waals surface area (Å²) in [6.45, 7) is 2.25. The maximum atomic E-state index is 11.8. The van der Waals surface area contributed by atoms with E-state index in [0.29, 0.717) is 12.2 Å². The first-order valence-corrected chi connectivity index (χ1v) is 6.52. The molecule has 0 saturated heterocycles. The number of amides is 2. The summed E-state index contributed by atoms with van der Waals surface area (Å²) in [6.07, 6.45) is 3.34. The molecule has 2 aromatic rings. The molecule has 0 unspecified atom stereocenters. The van der Waals surface area contributed by atoms with Gasteiger partial charge in [-0.05, 0) is 41.1 Å². The number of rotatable bonds is 3. The Morgan fingerprint density at radius 3 is 2.84 bits per heavy atom. The molecule has 19 heavy (non-hydrogen) atoms. The Labute approximate surface area is 119 Å². The maximum absolute atomic E-state index is 11.8. The van der Waals surface area contributed by atoms with Gasteiger partial charge in [-0.1, -0.05) is 6.07 Å². The Kier molecular flexibility index (Phi) is 4.46. The summed E-state index contributed by atoms with van der Waals surface area (Å²) >= 11 is 3.39. The maximum Gasteiger partial charge on any atom is 0.319 e. The van der Waals surface area contributed by atoms with Crippen molar-refractivity contribution < 1.29 is 4.79 Å². The first kappa shape index (κ1) is 13.5. The summed E-state index contributed by atoms with van der Waals surface area (Å²) in [5.74, 6) is 0. The molecule has 0 fully saturated rings. The van der Waals surface area contributed by atoms with Gasteiger partial charge in [-0.2, -0.15) is 0 Å². The number of carbonyl (C=O) groups is 1. The van der Waals surface area contributed by atoms with Crippen LogP contribution in [0, 0.1) is 6.92 Å². The Bertz CT molecular complexity index is 574. The fraction of sp³-hybridized carbons (Fsp3) is 0.154. The van der Waals surface area contributed by atoms with Gasteiger partial charge in [-0.3, -0.25) is 9.97 Å². The molecule has 0 aliphatic heterocycles. The fourth-order valence-electron chi connectivity index (χ4n) is 1.48. The highest BCUT2D eigenvalue weighted by molar-refractivity contribution is 9.10. The number of anilines is 1. The normalized spacial score (nSPS) is 10.0. The van der Waals surface area contributed by atoms with Gasteiger partial charge < -0.3 is 10.6 Å². The van der Waals surface area contributed by atoms with Crippen molar-refractivity contribution >= 4 is 27.6 Å². The molecule has 5 nitrogen and oxygen atoms in total. The molecule has 2 amide bonds. The number of nitrogens with one attached hydrogen (secondary N) is 2. The lowest BCUT2D eigenvalue weighted by molar-refractivity contribution is 0.251. The van der Waals surface area contributed by atoms with Crippen molar-refractivity contribution in [2.45, 2.75) is 13.5 Å². The number of urea groups is 1. The second-order valence-electron chi connectivity index (χ2n) is 3.89. The van der Waals surface area contributed by atoms with Crippen LogP contribution in [0.5, 0.6) is 0 Å². The van der Waals surface area contributed by atoms with Gasteiger partial charge in [0.15, 0.2) is 0 Å². The molecule has 2 N–H and O–H groups in total. The highest BCUT2D eigenvalue weighted by atomic mass is 79.9. The van der Waals surface area contributed by atoms with Crippen molar-refractivity contribution in [3.8, 4) is 0 Å². The number of carbonyl (C=O) groups excluding carboxylic acids is 1. The Hall–Kier alpha value is -1.95. The number of hydrogen-bond donors (Lipinski definition) is 2. The quantitative estimate of drug-likeness (QED) is 0.913. The number of hydrogen-bond acceptors (Lipinski definition) is 3. The highest BCUT2D eigenvalue weighted by Crippen LogP contribution is 2.23. The van der Waals surface area contributed by atoms with E-state index in [9.17, 15) is 4.79 Å². The molecule has 0 aromatic carbocycles. The second-order valence-corrected chi connectivity index (χ2v) is 4.68. The smallest absolute Gasteiger partial charge is 0.319 e. The van der Waals surface area contributed by atoms with Gasteiger partial charge in [0.2, 0.25) is 0 Å². The largest absolute Gasteiger partial charge is 0.332 e. The van der Waals surface area contributed by atoms with Gasteiger partial charge >= 0.3 is 6.03 Å².